The molecule has 0 aliphatic rings. The molecule has 0 aliphatic heterocycles. The fourth-order valence-corrected chi connectivity index (χ4v) is 2.47. The van der Waals surface area contributed by atoms with Gasteiger partial charge in [-0.25, -0.2) is 0 Å². The minimum absolute atomic E-state index is 0.0445. The minimum atomic E-state index is -0.922. The number of hydrogen-bond acceptors (Lipinski definition) is 3. The number of hydrogen-bond donors (Lipinski definition) is 2. The summed E-state index contributed by atoms with van der Waals surface area (Å²) in [5, 5.41) is 14.2. The standard InChI is InChI=1S/C18H21NO4/c1-2-23-12-17(20)19-11-15(18(21)22)10-14-8-5-7-13-6-3-4-9-16(13)14/h3-9,15H,2,10-12H2,1H3,(H,19,20)(H,21,22). The lowest BCUT2D eigenvalue weighted by Gasteiger charge is -2.15. The Morgan fingerprint density at radius 1 is 1.17 bits per heavy atom. The van der Waals surface area contributed by atoms with Crippen LogP contribution in [0, 0.1) is 5.92 Å². The lowest BCUT2D eigenvalue weighted by molar-refractivity contribution is -0.141. The topological polar surface area (TPSA) is 75.6 Å². The van der Waals surface area contributed by atoms with E-state index in [4.69, 9.17) is 4.74 Å². The van der Waals surface area contributed by atoms with E-state index in [1.165, 1.54) is 0 Å². The zero-order chi connectivity index (χ0) is 16.7. The molecule has 2 aromatic carbocycles. The first-order chi connectivity index (χ1) is 11.1. The van der Waals surface area contributed by atoms with Crippen molar-refractivity contribution >= 4 is 22.6 Å². The molecule has 0 saturated carbocycles. The van der Waals surface area contributed by atoms with Crippen LogP contribution < -0.4 is 5.32 Å². The molecule has 122 valence electrons. The molecule has 0 aliphatic carbocycles. The molecule has 0 radical (unpaired) electrons. The molecule has 0 bridgehead atoms. The van der Waals surface area contributed by atoms with Crippen LogP contribution in [0.4, 0.5) is 0 Å². The average molecular weight is 315 g/mol. The fraction of sp³-hybridized carbons (Fsp3) is 0.333. The molecule has 5 heteroatoms. The molecule has 1 amide bonds. The van der Waals surface area contributed by atoms with E-state index in [-0.39, 0.29) is 19.1 Å². The number of carbonyl (C=O) groups is 2. The molecular formula is C18H21NO4. The normalized spacial score (nSPS) is 12.0. The van der Waals surface area contributed by atoms with Crippen LogP contribution in [0.5, 0.6) is 0 Å². The second-order valence-corrected chi connectivity index (χ2v) is 5.32. The predicted octanol–water partition coefficient (Wildman–Crippen LogP) is 2.24. The lowest BCUT2D eigenvalue weighted by atomic mass is 9.95. The van der Waals surface area contributed by atoms with Gasteiger partial charge in [-0.15, -0.1) is 0 Å². The van der Waals surface area contributed by atoms with Crippen molar-refractivity contribution < 1.29 is 19.4 Å². The molecule has 0 heterocycles. The molecule has 1 atom stereocenters. The van der Waals surface area contributed by atoms with Crippen LogP contribution in [0.2, 0.25) is 0 Å². The van der Waals surface area contributed by atoms with E-state index < -0.39 is 11.9 Å². The molecule has 1 unspecified atom stereocenters. The first-order valence-corrected chi connectivity index (χ1v) is 7.65. The van der Waals surface area contributed by atoms with Gasteiger partial charge in [-0.2, -0.15) is 0 Å². The highest BCUT2D eigenvalue weighted by Crippen LogP contribution is 2.21. The number of carboxylic acid groups (broad SMARTS) is 1. The third-order valence-electron chi connectivity index (χ3n) is 3.68. The number of ether oxygens (including phenoxy) is 1. The Balaban J connectivity index is 2.07. The highest BCUT2D eigenvalue weighted by atomic mass is 16.5. The highest BCUT2D eigenvalue weighted by Gasteiger charge is 2.20. The Bertz CT molecular complexity index is 678. The molecule has 0 aromatic heterocycles. The maximum absolute atomic E-state index is 11.6. The quantitative estimate of drug-likeness (QED) is 0.783. The van der Waals surface area contributed by atoms with E-state index >= 15 is 0 Å². The van der Waals surface area contributed by atoms with Crippen LogP contribution in [0.1, 0.15) is 12.5 Å². The Hall–Kier alpha value is -2.40. The van der Waals surface area contributed by atoms with Crippen molar-refractivity contribution in [1.29, 1.82) is 0 Å². The zero-order valence-electron chi connectivity index (χ0n) is 13.1. The summed E-state index contributed by atoms with van der Waals surface area (Å²) in [6.45, 7) is 2.29. The summed E-state index contributed by atoms with van der Waals surface area (Å²) in [6.07, 6.45) is 0.367. The van der Waals surface area contributed by atoms with Crippen LogP contribution >= 0.6 is 0 Å². The van der Waals surface area contributed by atoms with Crippen molar-refractivity contribution in [3.05, 3.63) is 48.0 Å². The van der Waals surface area contributed by atoms with Gasteiger partial charge in [0.1, 0.15) is 6.61 Å². The maximum Gasteiger partial charge on any atom is 0.308 e. The van der Waals surface area contributed by atoms with Gasteiger partial charge < -0.3 is 15.2 Å². The van der Waals surface area contributed by atoms with Crippen molar-refractivity contribution in [2.45, 2.75) is 13.3 Å². The summed E-state index contributed by atoms with van der Waals surface area (Å²) >= 11 is 0. The summed E-state index contributed by atoms with van der Waals surface area (Å²) < 4.78 is 5.00. The van der Waals surface area contributed by atoms with Crippen molar-refractivity contribution in [1.82, 2.24) is 5.32 Å². The Labute approximate surface area is 135 Å². The largest absolute Gasteiger partial charge is 0.481 e. The van der Waals surface area contributed by atoms with Crippen LogP contribution in [0.3, 0.4) is 0 Å². The number of amides is 1. The van der Waals surface area contributed by atoms with Gasteiger partial charge in [0, 0.05) is 13.2 Å². The van der Waals surface area contributed by atoms with Gasteiger partial charge in [0.15, 0.2) is 0 Å². The predicted molar refractivity (Wildman–Crippen MR) is 88.3 cm³/mol. The van der Waals surface area contributed by atoms with E-state index in [1.807, 2.05) is 42.5 Å². The van der Waals surface area contributed by atoms with Crippen molar-refractivity contribution in [2.75, 3.05) is 19.8 Å². The summed E-state index contributed by atoms with van der Waals surface area (Å²) in [5.41, 5.74) is 0.967. The number of aliphatic carboxylic acids is 1. The van der Waals surface area contributed by atoms with Gasteiger partial charge in [0.05, 0.1) is 5.92 Å². The van der Waals surface area contributed by atoms with Gasteiger partial charge in [0.2, 0.25) is 5.91 Å². The number of carbonyl (C=O) groups excluding carboxylic acids is 1. The first-order valence-electron chi connectivity index (χ1n) is 7.65. The van der Waals surface area contributed by atoms with Crippen LogP contribution in [-0.2, 0) is 20.7 Å². The second kappa shape index (κ2) is 8.29. The average Bonchev–Trinajstić information content (AvgIpc) is 2.56. The first kappa shape index (κ1) is 17.0. The molecule has 0 fully saturated rings. The summed E-state index contributed by atoms with van der Waals surface area (Å²) in [6, 6.07) is 13.7. The van der Waals surface area contributed by atoms with Gasteiger partial charge in [-0.1, -0.05) is 42.5 Å². The van der Waals surface area contributed by atoms with Crippen LogP contribution in [-0.4, -0.2) is 36.7 Å². The van der Waals surface area contributed by atoms with E-state index in [0.29, 0.717) is 13.0 Å². The van der Waals surface area contributed by atoms with Crippen molar-refractivity contribution in [3.63, 3.8) is 0 Å². The maximum atomic E-state index is 11.6. The van der Waals surface area contributed by atoms with Crippen molar-refractivity contribution in [3.8, 4) is 0 Å². The third-order valence-corrected chi connectivity index (χ3v) is 3.68. The molecule has 0 saturated heterocycles. The van der Waals surface area contributed by atoms with Crippen molar-refractivity contribution in [2.24, 2.45) is 5.92 Å². The second-order valence-electron chi connectivity index (χ2n) is 5.32. The number of nitrogens with one attached hydrogen (secondary N) is 1. The van der Waals surface area contributed by atoms with Crippen LogP contribution in [0.25, 0.3) is 10.8 Å². The molecule has 23 heavy (non-hydrogen) atoms. The monoisotopic (exact) mass is 315 g/mol. The molecule has 5 nitrogen and oxygen atoms in total. The van der Waals surface area contributed by atoms with E-state index in [1.54, 1.807) is 6.92 Å². The molecule has 2 N–H and O–H groups in total. The van der Waals surface area contributed by atoms with E-state index in [0.717, 1.165) is 16.3 Å². The molecule has 2 aromatic rings. The summed E-state index contributed by atoms with van der Waals surface area (Å²) in [4.78, 5) is 23.0. The zero-order valence-corrected chi connectivity index (χ0v) is 13.1. The van der Waals surface area contributed by atoms with Gasteiger partial charge >= 0.3 is 5.97 Å². The van der Waals surface area contributed by atoms with Crippen LogP contribution in [0.15, 0.2) is 42.5 Å². The lowest BCUT2D eigenvalue weighted by Crippen LogP contribution is -2.36. The number of fused-ring (bicyclic) bond motifs is 1. The number of carboxylic acids is 1. The number of rotatable bonds is 8. The van der Waals surface area contributed by atoms with E-state index in [9.17, 15) is 14.7 Å². The van der Waals surface area contributed by atoms with Gasteiger partial charge in [-0.05, 0) is 29.7 Å². The highest BCUT2D eigenvalue weighted by molar-refractivity contribution is 5.86. The molecule has 2 rings (SSSR count). The van der Waals surface area contributed by atoms with Gasteiger partial charge in [-0.3, -0.25) is 9.59 Å². The molecular weight excluding hydrogens is 294 g/mol. The Morgan fingerprint density at radius 2 is 1.91 bits per heavy atom. The molecule has 0 spiro atoms. The summed E-state index contributed by atoms with van der Waals surface area (Å²) in [5.74, 6) is -1.89. The third kappa shape index (κ3) is 4.79. The van der Waals surface area contributed by atoms with Gasteiger partial charge in [0.25, 0.3) is 0 Å². The summed E-state index contributed by atoms with van der Waals surface area (Å²) in [7, 11) is 0. The Kier molecular flexibility index (Phi) is 6.11. The number of benzene rings is 2. The fourth-order valence-electron chi connectivity index (χ4n) is 2.47. The van der Waals surface area contributed by atoms with E-state index in [2.05, 4.69) is 5.32 Å². The SMILES string of the molecule is CCOCC(=O)NCC(Cc1cccc2ccccc12)C(=O)O. The minimum Gasteiger partial charge on any atom is -0.481 e. The smallest absolute Gasteiger partial charge is 0.308 e. The Morgan fingerprint density at radius 3 is 2.65 bits per heavy atom.